The zero-order chi connectivity index (χ0) is 36.2. The lowest BCUT2D eigenvalue weighted by Gasteiger charge is -2.10. The van der Waals surface area contributed by atoms with Crippen molar-refractivity contribution in [2.24, 2.45) is 0 Å². The molecule has 0 saturated carbocycles. The summed E-state index contributed by atoms with van der Waals surface area (Å²) in [6.45, 7) is 2.09. The minimum Gasteiger partial charge on any atom is -0.508 e. The van der Waals surface area contributed by atoms with Crippen LogP contribution in [0.3, 0.4) is 0 Å². The van der Waals surface area contributed by atoms with E-state index in [4.69, 9.17) is 16.2 Å². The number of aromatic hydroxyl groups is 1. The Bertz CT molecular complexity index is 2570. The summed E-state index contributed by atoms with van der Waals surface area (Å²) >= 11 is 0. The van der Waals surface area contributed by atoms with Crippen LogP contribution in [-0.2, 0) is 32.3 Å². The number of methoxy groups -OCH3 is 1. The second-order valence-electron chi connectivity index (χ2n) is 13.0. The van der Waals surface area contributed by atoms with Crippen molar-refractivity contribution in [2.45, 2.75) is 39.2 Å². The molecule has 0 bridgehead atoms. The van der Waals surface area contributed by atoms with E-state index in [2.05, 4.69) is 51.1 Å². The number of fused-ring (bicyclic) bond motifs is 6. The van der Waals surface area contributed by atoms with Gasteiger partial charge in [0, 0.05) is 33.9 Å². The Balaban J connectivity index is 0.000000164. The summed E-state index contributed by atoms with van der Waals surface area (Å²) in [7, 11) is 1.68. The molecule has 0 aliphatic carbocycles. The maximum Gasteiger partial charge on any atom is 0.150 e. The number of para-hydroxylation sites is 1. The van der Waals surface area contributed by atoms with Gasteiger partial charge in [-0.2, -0.15) is 0 Å². The van der Waals surface area contributed by atoms with Crippen molar-refractivity contribution >= 4 is 55.2 Å². The average Bonchev–Trinajstić information content (AvgIpc) is 3.16. The van der Waals surface area contributed by atoms with Crippen LogP contribution in [0.15, 0.2) is 109 Å². The number of aromatic nitrogens is 4. The van der Waals surface area contributed by atoms with Crippen molar-refractivity contribution in [1.82, 2.24) is 19.9 Å². The van der Waals surface area contributed by atoms with Gasteiger partial charge >= 0.3 is 0 Å². The topological polar surface area (TPSA) is 153 Å². The quantitative estimate of drug-likeness (QED) is 0.117. The van der Waals surface area contributed by atoms with Gasteiger partial charge in [0.2, 0.25) is 0 Å². The van der Waals surface area contributed by atoms with Crippen LogP contribution in [0.25, 0.3) is 43.6 Å². The summed E-state index contributed by atoms with van der Waals surface area (Å²) in [5, 5.41) is 23.0. The van der Waals surface area contributed by atoms with E-state index >= 15 is 0 Å². The standard InChI is InChI=1S/C23H23N3O2.C20H17N3O/c1-14-9-18(28-2)7-6-17(14)5-3-15-10-20-19-8-4-16(13-27)11-21(19)26-23(24)22(20)25-12-15;21-20-19-17(16-6-1-2-7-18(16)23-20)11-14(12-22-19)9-8-13-4-3-5-15(24)10-13/h4,6-12,27H,3,5,13H2,1-2H3,(H2,24,26);1-7,10-12,24H,8-9H2,(H2,21,23). The maximum atomic E-state index is 9.57. The van der Waals surface area contributed by atoms with Crippen molar-refractivity contribution in [3.05, 3.63) is 143 Å². The predicted molar refractivity (Wildman–Crippen MR) is 209 cm³/mol. The number of anilines is 2. The molecule has 4 aromatic carbocycles. The minimum atomic E-state index is -0.0188. The zero-order valence-electron chi connectivity index (χ0n) is 29.2. The number of aliphatic hydroxyl groups excluding tert-OH is 1. The number of aliphatic hydroxyl groups is 1. The molecule has 0 radical (unpaired) electrons. The highest BCUT2D eigenvalue weighted by Gasteiger charge is 2.11. The van der Waals surface area contributed by atoms with Crippen LogP contribution in [0, 0.1) is 6.92 Å². The molecule has 0 spiro atoms. The van der Waals surface area contributed by atoms with Gasteiger partial charge in [0.25, 0.3) is 0 Å². The molecule has 6 N–H and O–H groups in total. The number of phenols is 1. The first-order valence-electron chi connectivity index (χ1n) is 17.2. The van der Waals surface area contributed by atoms with E-state index in [0.29, 0.717) is 22.9 Å². The Hall–Kier alpha value is -6.32. The summed E-state index contributed by atoms with van der Waals surface area (Å²) in [6.07, 6.45) is 7.25. The summed E-state index contributed by atoms with van der Waals surface area (Å²) in [4.78, 5) is 18.0. The highest BCUT2D eigenvalue weighted by molar-refractivity contribution is 6.09. The Labute approximate surface area is 301 Å². The van der Waals surface area contributed by atoms with Gasteiger partial charge in [-0.1, -0.05) is 48.5 Å². The number of nitrogens with two attached hydrogens (primary N) is 2. The van der Waals surface area contributed by atoms with Crippen LogP contribution in [-0.4, -0.2) is 37.3 Å². The summed E-state index contributed by atoms with van der Waals surface area (Å²) in [5.41, 5.74) is 22.0. The van der Waals surface area contributed by atoms with E-state index in [9.17, 15) is 10.2 Å². The van der Waals surface area contributed by atoms with Gasteiger partial charge in [0.15, 0.2) is 11.6 Å². The third kappa shape index (κ3) is 7.26. The normalized spacial score (nSPS) is 11.2. The van der Waals surface area contributed by atoms with Crippen molar-refractivity contribution in [1.29, 1.82) is 0 Å². The third-order valence-corrected chi connectivity index (χ3v) is 9.43. The molecule has 0 atom stereocenters. The molecule has 4 heterocycles. The van der Waals surface area contributed by atoms with Gasteiger partial charge in [-0.15, -0.1) is 0 Å². The number of pyridine rings is 4. The fraction of sp³-hybridized carbons (Fsp3) is 0.163. The fourth-order valence-electron chi connectivity index (χ4n) is 6.62. The maximum absolute atomic E-state index is 9.57. The molecule has 4 aromatic heterocycles. The van der Waals surface area contributed by atoms with Crippen LogP contribution in [0.2, 0.25) is 0 Å². The molecule has 0 saturated heterocycles. The molecule has 9 heteroatoms. The van der Waals surface area contributed by atoms with Crippen LogP contribution in [0.4, 0.5) is 11.6 Å². The number of hydrogen-bond donors (Lipinski definition) is 4. The number of aryl methyl sites for hydroxylation is 5. The highest BCUT2D eigenvalue weighted by Crippen LogP contribution is 2.30. The van der Waals surface area contributed by atoms with Crippen LogP contribution in [0.5, 0.6) is 11.5 Å². The Morgan fingerprint density at radius 2 is 1.25 bits per heavy atom. The number of nitrogens with zero attached hydrogens (tertiary/aromatic N) is 4. The second kappa shape index (κ2) is 14.9. The Morgan fingerprint density at radius 3 is 1.92 bits per heavy atom. The molecular weight excluding hydrogens is 649 g/mol. The first-order chi connectivity index (χ1) is 25.3. The first kappa shape index (κ1) is 34.1. The van der Waals surface area contributed by atoms with E-state index in [1.165, 1.54) is 11.1 Å². The lowest BCUT2D eigenvalue weighted by atomic mass is 9.99. The molecule has 0 aliphatic rings. The summed E-state index contributed by atoms with van der Waals surface area (Å²) in [5.74, 6) is 2.05. The molecule has 52 heavy (non-hydrogen) atoms. The SMILES string of the molecule is COc1ccc(CCc2cnc3c(N)nc4cc(CO)ccc4c3c2)c(C)c1.Nc1nc2ccccc2c2cc(CCc3cccc(O)c3)cnc12. The summed E-state index contributed by atoms with van der Waals surface area (Å²) in [6, 6.07) is 31.6. The molecular formula is C43H40N6O3. The lowest BCUT2D eigenvalue weighted by Crippen LogP contribution is -1.99. The third-order valence-electron chi connectivity index (χ3n) is 9.43. The van der Waals surface area contributed by atoms with Gasteiger partial charge in [0.05, 0.1) is 24.8 Å². The van der Waals surface area contributed by atoms with E-state index in [1.807, 2.05) is 73.1 Å². The van der Waals surface area contributed by atoms with Crippen molar-refractivity contribution in [2.75, 3.05) is 18.6 Å². The van der Waals surface area contributed by atoms with Crippen LogP contribution < -0.4 is 16.2 Å². The van der Waals surface area contributed by atoms with Crippen molar-refractivity contribution in [3.63, 3.8) is 0 Å². The van der Waals surface area contributed by atoms with E-state index < -0.39 is 0 Å². The second-order valence-corrected chi connectivity index (χ2v) is 13.0. The highest BCUT2D eigenvalue weighted by atomic mass is 16.5. The van der Waals surface area contributed by atoms with Crippen molar-refractivity contribution in [3.8, 4) is 11.5 Å². The lowest BCUT2D eigenvalue weighted by molar-refractivity contribution is 0.282. The zero-order valence-corrected chi connectivity index (χ0v) is 29.2. The van der Waals surface area contributed by atoms with Gasteiger partial charge < -0.3 is 26.4 Å². The molecule has 260 valence electrons. The van der Waals surface area contributed by atoms with Crippen LogP contribution >= 0.6 is 0 Å². The monoisotopic (exact) mass is 688 g/mol. The van der Waals surface area contributed by atoms with Crippen LogP contribution in [0.1, 0.15) is 33.4 Å². The summed E-state index contributed by atoms with van der Waals surface area (Å²) < 4.78 is 5.29. The molecule has 0 unspecified atom stereocenters. The minimum absolute atomic E-state index is 0.0188. The fourth-order valence-corrected chi connectivity index (χ4v) is 6.62. The van der Waals surface area contributed by atoms with E-state index in [1.54, 1.807) is 19.2 Å². The van der Waals surface area contributed by atoms with E-state index in [0.717, 1.165) is 91.8 Å². The molecule has 0 fully saturated rings. The molecule has 0 aliphatic heterocycles. The molecule has 9 nitrogen and oxygen atoms in total. The van der Waals surface area contributed by atoms with E-state index in [-0.39, 0.29) is 6.61 Å². The smallest absolute Gasteiger partial charge is 0.150 e. The number of nitrogen functional groups attached to an aromatic ring is 2. The molecule has 0 amide bonds. The number of phenolic OH excluding ortho intramolecular Hbond substituents is 1. The van der Waals surface area contributed by atoms with Gasteiger partial charge in [-0.05, 0) is 115 Å². The van der Waals surface area contributed by atoms with Crippen molar-refractivity contribution < 1.29 is 14.9 Å². The number of hydrogen-bond acceptors (Lipinski definition) is 9. The number of benzene rings is 4. The number of ether oxygens (including phenoxy) is 1. The van der Waals surface area contributed by atoms with Gasteiger partial charge in [-0.3, -0.25) is 9.97 Å². The van der Waals surface area contributed by atoms with Gasteiger partial charge in [-0.25, -0.2) is 9.97 Å². The Morgan fingerprint density at radius 1 is 0.596 bits per heavy atom. The predicted octanol–water partition coefficient (Wildman–Crippen LogP) is 7.82. The molecule has 8 aromatic rings. The molecule has 8 rings (SSSR count). The number of rotatable bonds is 8. The average molecular weight is 689 g/mol. The Kier molecular flexibility index (Phi) is 9.77. The largest absolute Gasteiger partial charge is 0.508 e. The first-order valence-corrected chi connectivity index (χ1v) is 17.2. The van der Waals surface area contributed by atoms with Gasteiger partial charge in [0.1, 0.15) is 22.5 Å².